The van der Waals surface area contributed by atoms with Crippen molar-refractivity contribution in [1.29, 1.82) is 0 Å². The number of aromatic hydroxyl groups is 1. The number of benzene rings is 2. The first-order valence-corrected chi connectivity index (χ1v) is 14.7. The van der Waals surface area contributed by atoms with E-state index in [0.29, 0.717) is 42.8 Å². The number of rotatable bonds is 17. The summed E-state index contributed by atoms with van der Waals surface area (Å²) in [7, 11) is 0. The molecule has 10 nitrogen and oxygen atoms in total. The van der Waals surface area contributed by atoms with Crippen LogP contribution >= 0.6 is 11.3 Å². The molecular weight excluding hydrogens is 551 g/mol. The van der Waals surface area contributed by atoms with Crippen LogP contribution in [0.1, 0.15) is 31.4 Å². The van der Waals surface area contributed by atoms with Gasteiger partial charge in [0.2, 0.25) is 5.91 Å². The number of carboxylic acid groups (broad SMARTS) is 1. The molecule has 3 N–H and O–H groups in total. The van der Waals surface area contributed by atoms with Crippen LogP contribution in [0.3, 0.4) is 0 Å². The van der Waals surface area contributed by atoms with Gasteiger partial charge in [0.05, 0.1) is 24.3 Å². The van der Waals surface area contributed by atoms with E-state index in [1.54, 1.807) is 17.0 Å². The summed E-state index contributed by atoms with van der Waals surface area (Å²) in [5.74, 6) is -0.446. The SMILES string of the molecule is CCN(CC)CCN(CCN(CCc1ccc(O)c2[nH]c(=O)sc12)C(=O)O)C(=O)CCOCCc1cccc(F)c1. The van der Waals surface area contributed by atoms with Gasteiger partial charge in [-0.2, -0.15) is 0 Å². The number of aromatic amines is 1. The quantitative estimate of drug-likeness (QED) is 0.204. The largest absolute Gasteiger partial charge is 0.506 e. The summed E-state index contributed by atoms with van der Waals surface area (Å²) < 4.78 is 19.6. The van der Waals surface area contributed by atoms with Gasteiger partial charge in [-0.25, -0.2) is 9.18 Å². The number of aromatic nitrogens is 1. The molecule has 12 heteroatoms. The first-order valence-electron chi connectivity index (χ1n) is 13.9. The van der Waals surface area contributed by atoms with Crippen LogP contribution in [0.25, 0.3) is 10.2 Å². The molecule has 0 atom stereocenters. The first kappa shape index (κ1) is 32.0. The minimum Gasteiger partial charge on any atom is -0.506 e. The minimum atomic E-state index is -1.10. The second-order valence-electron chi connectivity index (χ2n) is 9.63. The molecule has 0 aliphatic heterocycles. The molecular formula is C29H39FN4O6S. The normalized spacial score (nSPS) is 11.3. The number of thiazole rings is 1. The second kappa shape index (κ2) is 16.1. The Morgan fingerprint density at radius 1 is 0.976 bits per heavy atom. The molecule has 2 amide bonds. The average molecular weight is 591 g/mol. The maximum Gasteiger partial charge on any atom is 0.407 e. The smallest absolute Gasteiger partial charge is 0.407 e. The summed E-state index contributed by atoms with van der Waals surface area (Å²) >= 11 is 0.976. The van der Waals surface area contributed by atoms with Crippen LogP contribution in [0.4, 0.5) is 9.18 Å². The van der Waals surface area contributed by atoms with E-state index >= 15 is 0 Å². The van der Waals surface area contributed by atoms with Crippen molar-refractivity contribution < 1.29 is 28.9 Å². The fourth-order valence-electron chi connectivity index (χ4n) is 4.54. The summed E-state index contributed by atoms with van der Waals surface area (Å²) in [4.78, 5) is 44.4. The number of phenolic OH excluding ortho intramolecular Hbond substituents is 1. The van der Waals surface area contributed by atoms with Gasteiger partial charge < -0.3 is 34.6 Å². The van der Waals surface area contributed by atoms with Crippen LogP contribution in [-0.4, -0.2) is 101 Å². The van der Waals surface area contributed by atoms with E-state index < -0.39 is 6.09 Å². The summed E-state index contributed by atoms with van der Waals surface area (Å²) in [6.45, 7) is 8.04. The average Bonchev–Trinajstić information content (AvgIpc) is 3.35. The molecule has 0 fully saturated rings. The standard InChI is InChI=1S/C29H39FN4O6S/c1-3-32(4-2)14-15-33(25(36)12-19-40-18-11-21-6-5-7-23(30)20-21)16-17-34(29(38)39)13-10-22-8-9-24(35)26-27(22)41-28(37)31-26/h5-9,20,35H,3-4,10-19H2,1-2H3,(H,31,37)(H,38,39). The summed E-state index contributed by atoms with van der Waals surface area (Å²) in [6, 6.07) is 9.50. The van der Waals surface area contributed by atoms with Gasteiger partial charge in [0.15, 0.2) is 0 Å². The number of hydrogen-bond donors (Lipinski definition) is 3. The zero-order valence-corrected chi connectivity index (χ0v) is 24.4. The Kier molecular flexibility index (Phi) is 12.6. The lowest BCUT2D eigenvalue weighted by atomic mass is 10.1. The number of nitrogens with one attached hydrogen (secondary N) is 1. The second-order valence-corrected chi connectivity index (χ2v) is 10.6. The van der Waals surface area contributed by atoms with Gasteiger partial charge >= 0.3 is 11.0 Å². The molecule has 0 unspecified atom stereocenters. The Labute approximate surface area is 243 Å². The van der Waals surface area contributed by atoms with Crippen molar-refractivity contribution in [2.45, 2.75) is 33.1 Å². The zero-order valence-electron chi connectivity index (χ0n) is 23.6. The van der Waals surface area contributed by atoms with E-state index in [4.69, 9.17) is 4.74 Å². The Balaban J connectivity index is 1.56. The minimum absolute atomic E-state index is 0.0301. The van der Waals surface area contributed by atoms with Gasteiger partial charge in [0, 0.05) is 32.7 Å². The van der Waals surface area contributed by atoms with Gasteiger partial charge in [0.1, 0.15) is 17.1 Å². The number of phenols is 1. The third kappa shape index (κ3) is 9.83. The Bertz CT molecular complexity index is 1340. The summed E-state index contributed by atoms with van der Waals surface area (Å²) in [5.41, 5.74) is 1.94. The van der Waals surface area contributed by atoms with Gasteiger partial charge in [0.25, 0.3) is 0 Å². The van der Waals surface area contributed by atoms with Crippen molar-refractivity contribution in [2.75, 3.05) is 59.0 Å². The first-order chi connectivity index (χ1) is 19.7. The third-order valence-electron chi connectivity index (χ3n) is 7.02. The number of ether oxygens (including phenoxy) is 1. The van der Waals surface area contributed by atoms with Crippen molar-refractivity contribution in [3.8, 4) is 5.75 Å². The molecule has 0 aliphatic rings. The summed E-state index contributed by atoms with van der Waals surface area (Å²) in [5, 5.41) is 19.9. The van der Waals surface area contributed by atoms with Crippen molar-refractivity contribution in [1.82, 2.24) is 19.7 Å². The zero-order chi connectivity index (χ0) is 29.8. The molecule has 0 aliphatic carbocycles. The van der Waals surface area contributed by atoms with Crippen molar-refractivity contribution in [3.05, 3.63) is 63.0 Å². The lowest BCUT2D eigenvalue weighted by Crippen LogP contribution is -2.44. The number of nitrogens with zero attached hydrogens (tertiary/aromatic N) is 3. The van der Waals surface area contributed by atoms with Crippen molar-refractivity contribution in [3.63, 3.8) is 0 Å². The predicted octanol–water partition coefficient (Wildman–Crippen LogP) is 3.78. The molecule has 0 bridgehead atoms. The van der Waals surface area contributed by atoms with Gasteiger partial charge in [-0.1, -0.05) is 43.4 Å². The van der Waals surface area contributed by atoms with E-state index in [1.165, 1.54) is 23.1 Å². The van der Waals surface area contributed by atoms with Crippen LogP contribution in [0.15, 0.2) is 41.2 Å². The number of hydrogen-bond acceptors (Lipinski definition) is 7. The van der Waals surface area contributed by atoms with Gasteiger partial charge in [-0.15, -0.1) is 0 Å². The van der Waals surface area contributed by atoms with Crippen LogP contribution in [0.5, 0.6) is 5.75 Å². The van der Waals surface area contributed by atoms with Crippen molar-refractivity contribution in [2.24, 2.45) is 0 Å². The van der Waals surface area contributed by atoms with E-state index in [1.807, 2.05) is 6.07 Å². The molecule has 0 spiro atoms. The predicted molar refractivity (Wildman–Crippen MR) is 157 cm³/mol. The fraction of sp³-hybridized carbons (Fsp3) is 0.483. The monoisotopic (exact) mass is 590 g/mol. The highest BCUT2D eigenvalue weighted by Crippen LogP contribution is 2.28. The highest BCUT2D eigenvalue weighted by molar-refractivity contribution is 7.16. The maximum atomic E-state index is 13.4. The number of fused-ring (bicyclic) bond motifs is 1. The van der Waals surface area contributed by atoms with Crippen LogP contribution in [0.2, 0.25) is 0 Å². The van der Waals surface area contributed by atoms with Crippen LogP contribution in [0, 0.1) is 5.82 Å². The molecule has 1 aromatic heterocycles. The summed E-state index contributed by atoms with van der Waals surface area (Å²) in [6.07, 6.45) is -0.0485. The van der Waals surface area contributed by atoms with Crippen LogP contribution < -0.4 is 4.87 Å². The van der Waals surface area contributed by atoms with E-state index in [-0.39, 0.29) is 55.0 Å². The Hall–Kier alpha value is -3.48. The lowest BCUT2D eigenvalue weighted by Gasteiger charge is -2.29. The Morgan fingerprint density at radius 3 is 2.41 bits per heavy atom. The lowest BCUT2D eigenvalue weighted by molar-refractivity contribution is -0.132. The third-order valence-corrected chi connectivity index (χ3v) is 7.98. The molecule has 1 heterocycles. The molecule has 3 aromatic rings. The molecule has 3 rings (SSSR count). The number of H-pyrrole nitrogens is 1. The molecule has 41 heavy (non-hydrogen) atoms. The van der Waals surface area contributed by atoms with E-state index in [9.17, 15) is 29.0 Å². The topological polar surface area (TPSA) is 126 Å². The maximum absolute atomic E-state index is 13.4. The highest BCUT2D eigenvalue weighted by atomic mass is 32.1. The number of carbonyl (C=O) groups excluding carboxylic acids is 1. The van der Waals surface area contributed by atoms with Crippen LogP contribution in [-0.2, 0) is 22.4 Å². The Morgan fingerprint density at radius 2 is 1.71 bits per heavy atom. The van der Waals surface area contributed by atoms with Crippen molar-refractivity contribution >= 4 is 33.6 Å². The van der Waals surface area contributed by atoms with Gasteiger partial charge in [-0.05, 0) is 55.3 Å². The highest BCUT2D eigenvalue weighted by Gasteiger charge is 2.19. The molecule has 2 aromatic carbocycles. The number of likely N-dealkylation sites (N-methyl/N-ethyl adjacent to an activating group) is 1. The number of amides is 2. The van der Waals surface area contributed by atoms with Gasteiger partial charge in [-0.3, -0.25) is 9.59 Å². The molecule has 224 valence electrons. The fourth-order valence-corrected chi connectivity index (χ4v) is 5.43. The molecule has 0 saturated carbocycles. The molecule has 0 saturated heterocycles. The molecule has 0 radical (unpaired) electrons. The number of carbonyl (C=O) groups is 2. The van der Waals surface area contributed by atoms with E-state index in [0.717, 1.165) is 35.6 Å². The van der Waals surface area contributed by atoms with E-state index in [2.05, 4.69) is 23.7 Å². The number of halogens is 1.